The molecule has 0 spiro atoms. The Balaban J connectivity index is 1.94. The van der Waals surface area contributed by atoms with E-state index in [1.807, 2.05) is 0 Å². The normalized spacial score (nSPS) is 20.5. The average molecular weight is 367 g/mol. The third-order valence-electron chi connectivity index (χ3n) is 3.88. The molecule has 0 radical (unpaired) electrons. The van der Waals surface area contributed by atoms with Crippen LogP contribution in [-0.4, -0.2) is 43.1 Å². The van der Waals surface area contributed by atoms with Crippen molar-refractivity contribution in [2.24, 2.45) is 0 Å². The predicted octanol–water partition coefficient (Wildman–Crippen LogP) is 3.17. The largest absolute Gasteiger partial charge is 0.490 e. The second-order valence-electron chi connectivity index (χ2n) is 7.38. The minimum Gasteiger partial charge on any atom is -0.490 e. The third kappa shape index (κ3) is 6.20. The van der Waals surface area contributed by atoms with Gasteiger partial charge in [0.05, 0.1) is 7.11 Å². The molecule has 1 N–H and O–H groups in total. The first-order chi connectivity index (χ1) is 12.2. The van der Waals surface area contributed by atoms with Gasteiger partial charge in [-0.25, -0.2) is 14.0 Å². The second kappa shape index (κ2) is 8.38. The lowest BCUT2D eigenvalue weighted by Gasteiger charge is -2.30. The van der Waals surface area contributed by atoms with Crippen molar-refractivity contribution in [1.29, 1.82) is 0 Å². The van der Waals surface area contributed by atoms with E-state index in [-0.39, 0.29) is 12.5 Å². The van der Waals surface area contributed by atoms with Crippen LogP contribution in [0.4, 0.5) is 9.18 Å². The number of alkyl halides is 1. The van der Waals surface area contributed by atoms with Crippen LogP contribution in [0.1, 0.15) is 39.2 Å². The summed E-state index contributed by atoms with van der Waals surface area (Å²) in [4.78, 5) is 23.9. The van der Waals surface area contributed by atoms with E-state index in [1.165, 1.54) is 7.11 Å². The van der Waals surface area contributed by atoms with Gasteiger partial charge in [0.15, 0.2) is 0 Å². The summed E-state index contributed by atoms with van der Waals surface area (Å²) < 4.78 is 28.4. The van der Waals surface area contributed by atoms with E-state index in [9.17, 15) is 14.0 Å². The van der Waals surface area contributed by atoms with E-state index in [1.54, 1.807) is 45.0 Å². The number of rotatable bonds is 6. The van der Waals surface area contributed by atoms with Gasteiger partial charge in [0.1, 0.15) is 29.7 Å². The Kier molecular flexibility index (Phi) is 6.45. The summed E-state index contributed by atoms with van der Waals surface area (Å²) in [6.45, 7) is 5.23. The highest BCUT2D eigenvalue weighted by atomic mass is 19.1. The van der Waals surface area contributed by atoms with Crippen molar-refractivity contribution in [3.63, 3.8) is 0 Å². The zero-order chi connectivity index (χ0) is 19.3. The van der Waals surface area contributed by atoms with E-state index in [0.29, 0.717) is 18.6 Å². The van der Waals surface area contributed by atoms with Crippen molar-refractivity contribution in [2.75, 3.05) is 7.11 Å². The van der Waals surface area contributed by atoms with E-state index < -0.39 is 29.9 Å². The quantitative estimate of drug-likeness (QED) is 0.782. The first-order valence-electron chi connectivity index (χ1n) is 8.63. The standard InChI is InChI=1S/C19H26FNO5/c1-19(2,3)26-18(23)21-16(17(22)24-4)9-12-5-7-14(8-6-12)25-15-10-13(20)11-15/h5-8,13,15-16H,9-11H2,1-4H3,(H,21,23)/t13?,15?,16-/m0/s1. The molecule has 1 aromatic rings. The highest BCUT2D eigenvalue weighted by Gasteiger charge is 2.30. The van der Waals surface area contributed by atoms with Gasteiger partial charge in [0.2, 0.25) is 0 Å². The van der Waals surface area contributed by atoms with Crippen LogP contribution in [0, 0.1) is 0 Å². The molecule has 0 unspecified atom stereocenters. The van der Waals surface area contributed by atoms with Gasteiger partial charge in [-0.15, -0.1) is 0 Å². The third-order valence-corrected chi connectivity index (χ3v) is 3.88. The number of benzene rings is 1. The number of hydrogen-bond donors (Lipinski definition) is 1. The number of alkyl carbamates (subject to hydrolysis) is 1. The van der Waals surface area contributed by atoms with Crippen LogP contribution in [0.5, 0.6) is 5.75 Å². The SMILES string of the molecule is COC(=O)[C@H](Cc1ccc(OC2CC(F)C2)cc1)NC(=O)OC(C)(C)C. The molecule has 0 aromatic heterocycles. The average Bonchev–Trinajstić information content (AvgIpc) is 2.52. The zero-order valence-electron chi connectivity index (χ0n) is 15.6. The first-order valence-corrected chi connectivity index (χ1v) is 8.63. The second-order valence-corrected chi connectivity index (χ2v) is 7.38. The molecular weight excluding hydrogens is 341 g/mol. The fourth-order valence-corrected chi connectivity index (χ4v) is 2.52. The van der Waals surface area contributed by atoms with Crippen LogP contribution in [-0.2, 0) is 20.7 Å². The highest BCUT2D eigenvalue weighted by molar-refractivity contribution is 5.81. The summed E-state index contributed by atoms with van der Waals surface area (Å²) in [5.74, 6) is 0.0972. The summed E-state index contributed by atoms with van der Waals surface area (Å²) in [6, 6.07) is 6.27. The van der Waals surface area contributed by atoms with Gasteiger partial charge in [0, 0.05) is 19.3 Å². The highest BCUT2D eigenvalue weighted by Crippen LogP contribution is 2.28. The molecule has 7 heteroatoms. The van der Waals surface area contributed by atoms with Gasteiger partial charge in [-0.3, -0.25) is 0 Å². The maximum Gasteiger partial charge on any atom is 0.408 e. The molecule has 144 valence electrons. The summed E-state index contributed by atoms with van der Waals surface area (Å²) in [7, 11) is 1.26. The van der Waals surface area contributed by atoms with Crippen molar-refractivity contribution in [2.45, 2.75) is 64.0 Å². The molecule has 1 aliphatic rings. The Labute approximate surface area is 153 Å². The minimum atomic E-state index is -0.861. The molecule has 6 nitrogen and oxygen atoms in total. The van der Waals surface area contributed by atoms with Crippen molar-refractivity contribution in [3.05, 3.63) is 29.8 Å². The fourth-order valence-electron chi connectivity index (χ4n) is 2.52. The van der Waals surface area contributed by atoms with E-state index in [0.717, 1.165) is 5.56 Å². The van der Waals surface area contributed by atoms with Gasteiger partial charge in [-0.1, -0.05) is 12.1 Å². The number of carbonyl (C=O) groups excluding carboxylic acids is 2. The minimum absolute atomic E-state index is 0.0764. The maximum absolute atomic E-state index is 12.8. The van der Waals surface area contributed by atoms with Crippen molar-refractivity contribution < 1.29 is 28.2 Å². The van der Waals surface area contributed by atoms with Crippen LogP contribution in [0.15, 0.2) is 24.3 Å². The van der Waals surface area contributed by atoms with Gasteiger partial charge in [-0.2, -0.15) is 0 Å². The van der Waals surface area contributed by atoms with Crippen LogP contribution in [0.3, 0.4) is 0 Å². The Bertz CT molecular complexity index is 620. The van der Waals surface area contributed by atoms with Crippen LogP contribution in [0.2, 0.25) is 0 Å². The van der Waals surface area contributed by atoms with E-state index in [4.69, 9.17) is 14.2 Å². The maximum atomic E-state index is 12.8. The summed E-state index contributed by atoms with van der Waals surface area (Å²) >= 11 is 0. The lowest BCUT2D eigenvalue weighted by atomic mass is 9.93. The number of methoxy groups -OCH3 is 1. The molecular formula is C19H26FNO5. The van der Waals surface area contributed by atoms with Crippen molar-refractivity contribution >= 4 is 12.1 Å². The molecule has 1 amide bonds. The van der Waals surface area contributed by atoms with Gasteiger partial charge < -0.3 is 19.5 Å². The van der Waals surface area contributed by atoms with Crippen molar-refractivity contribution in [1.82, 2.24) is 5.32 Å². The molecule has 2 rings (SSSR count). The predicted molar refractivity (Wildman–Crippen MR) is 93.9 cm³/mol. The van der Waals surface area contributed by atoms with Crippen molar-refractivity contribution in [3.8, 4) is 5.75 Å². The molecule has 1 aliphatic carbocycles. The van der Waals surface area contributed by atoms with Gasteiger partial charge in [-0.05, 0) is 38.5 Å². The molecule has 0 aliphatic heterocycles. The zero-order valence-corrected chi connectivity index (χ0v) is 15.6. The van der Waals surface area contributed by atoms with Crippen LogP contribution >= 0.6 is 0 Å². The Hall–Kier alpha value is -2.31. The Morgan fingerprint density at radius 2 is 1.85 bits per heavy atom. The number of halogens is 1. The molecule has 0 heterocycles. The van der Waals surface area contributed by atoms with Gasteiger partial charge >= 0.3 is 12.1 Å². The Morgan fingerprint density at radius 3 is 2.35 bits per heavy atom. The molecule has 1 atom stereocenters. The first kappa shape index (κ1) is 20.0. The summed E-state index contributed by atoms with van der Waals surface area (Å²) in [5, 5.41) is 2.53. The lowest BCUT2D eigenvalue weighted by molar-refractivity contribution is -0.143. The number of amides is 1. The van der Waals surface area contributed by atoms with E-state index in [2.05, 4.69) is 5.32 Å². The number of ether oxygens (including phenoxy) is 3. The molecule has 0 saturated heterocycles. The van der Waals surface area contributed by atoms with Gasteiger partial charge in [0.25, 0.3) is 0 Å². The molecule has 1 fully saturated rings. The van der Waals surface area contributed by atoms with Crippen LogP contribution in [0.25, 0.3) is 0 Å². The van der Waals surface area contributed by atoms with E-state index >= 15 is 0 Å². The van der Waals surface area contributed by atoms with Crippen LogP contribution < -0.4 is 10.1 Å². The Morgan fingerprint density at radius 1 is 1.23 bits per heavy atom. The molecule has 26 heavy (non-hydrogen) atoms. The summed E-state index contributed by atoms with van der Waals surface area (Å²) in [6.07, 6.45) is -0.426. The lowest BCUT2D eigenvalue weighted by Crippen LogP contribution is -2.45. The monoisotopic (exact) mass is 367 g/mol. The topological polar surface area (TPSA) is 73.9 Å². The molecule has 1 saturated carbocycles. The smallest absolute Gasteiger partial charge is 0.408 e. The number of esters is 1. The molecule has 0 bridgehead atoms. The number of carbonyl (C=O) groups is 2. The molecule has 1 aromatic carbocycles. The number of nitrogens with one attached hydrogen (secondary N) is 1. The number of hydrogen-bond acceptors (Lipinski definition) is 5. The summed E-state index contributed by atoms with van der Waals surface area (Å²) in [5.41, 5.74) is 0.157. The fraction of sp³-hybridized carbons (Fsp3) is 0.579.